The molecule has 0 atom stereocenters. The van der Waals surface area contributed by atoms with Crippen molar-refractivity contribution in [3.8, 4) is 33.9 Å². The second-order valence-electron chi connectivity index (χ2n) is 8.88. The molecule has 9 heteroatoms. The Morgan fingerprint density at radius 3 is 2.62 bits per heavy atom. The number of hydrogen-bond acceptors (Lipinski definition) is 7. The number of carbonyl (C=O) groups excluding carboxylic acids is 1. The summed E-state index contributed by atoms with van der Waals surface area (Å²) in [4.78, 5) is 26.3. The van der Waals surface area contributed by atoms with Crippen molar-refractivity contribution in [2.45, 2.75) is 18.9 Å². The van der Waals surface area contributed by atoms with Gasteiger partial charge in [-0.1, -0.05) is 6.07 Å². The van der Waals surface area contributed by atoms with Gasteiger partial charge in [0.1, 0.15) is 23.1 Å². The topological polar surface area (TPSA) is 91.3 Å². The van der Waals surface area contributed by atoms with Crippen LogP contribution in [-0.4, -0.2) is 61.3 Å². The molecule has 0 saturated carbocycles. The number of benzene rings is 1. The molecule has 1 fully saturated rings. The van der Waals surface area contributed by atoms with E-state index in [-0.39, 0.29) is 17.7 Å². The van der Waals surface area contributed by atoms with Gasteiger partial charge in [-0.05, 0) is 29.8 Å². The predicted molar refractivity (Wildman–Crippen MR) is 138 cm³/mol. The van der Waals surface area contributed by atoms with Crippen LogP contribution >= 0.6 is 0 Å². The van der Waals surface area contributed by atoms with Crippen LogP contribution in [0.5, 0.6) is 11.5 Å². The molecule has 5 rings (SSSR count). The first-order chi connectivity index (χ1) is 18.0. The van der Waals surface area contributed by atoms with Gasteiger partial charge < -0.3 is 23.5 Å². The second kappa shape index (κ2) is 10.3. The summed E-state index contributed by atoms with van der Waals surface area (Å²) in [5.74, 6) is 1.21. The number of ether oxygens (including phenoxy) is 3. The highest BCUT2D eigenvalue weighted by molar-refractivity contribution is 5.96. The molecule has 37 heavy (non-hydrogen) atoms. The zero-order chi connectivity index (χ0) is 25.9. The van der Waals surface area contributed by atoms with Gasteiger partial charge in [-0.15, -0.1) is 0 Å². The molecule has 0 radical (unpaired) electrons. The largest absolute Gasteiger partial charge is 0.501 e. The summed E-state index contributed by atoms with van der Waals surface area (Å²) in [7, 11) is 4.82. The molecule has 9 nitrogen and oxygen atoms in total. The maximum Gasteiger partial charge on any atom is 0.275 e. The van der Waals surface area contributed by atoms with Crippen molar-refractivity contribution in [1.82, 2.24) is 14.9 Å². The van der Waals surface area contributed by atoms with Crippen LogP contribution in [0.2, 0.25) is 0 Å². The summed E-state index contributed by atoms with van der Waals surface area (Å²) in [6.07, 6.45) is 4.95. The van der Waals surface area contributed by atoms with E-state index in [1.54, 1.807) is 32.6 Å². The number of hydrogen-bond donors (Lipinski definition) is 0. The molecular formula is C28H26N4O5. The van der Waals surface area contributed by atoms with E-state index in [0.29, 0.717) is 52.8 Å². The lowest BCUT2D eigenvalue weighted by molar-refractivity contribution is 0.0259. The number of amides is 1. The van der Waals surface area contributed by atoms with Crippen molar-refractivity contribution in [2.24, 2.45) is 0 Å². The van der Waals surface area contributed by atoms with Gasteiger partial charge in [0.25, 0.3) is 5.91 Å². The van der Waals surface area contributed by atoms with Crippen molar-refractivity contribution in [1.29, 1.82) is 0 Å². The van der Waals surface area contributed by atoms with Crippen molar-refractivity contribution >= 4 is 22.7 Å². The molecule has 1 amide bonds. The number of rotatable bonds is 6. The van der Waals surface area contributed by atoms with Crippen LogP contribution in [0.1, 0.15) is 23.3 Å². The Morgan fingerprint density at radius 2 is 1.89 bits per heavy atom. The average molecular weight is 499 g/mol. The normalized spacial score (nSPS) is 13.8. The molecular weight excluding hydrogens is 472 g/mol. The highest BCUT2D eigenvalue weighted by atomic mass is 16.5. The Hall–Kier alpha value is -4.42. The first kappa shape index (κ1) is 24.3. The quantitative estimate of drug-likeness (QED) is 0.330. The van der Waals surface area contributed by atoms with Crippen LogP contribution in [0, 0.1) is 6.57 Å². The summed E-state index contributed by atoms with van der Waals surface area (Å²) in [5.41, 5.74) is 4.18. The van der Waals surface area contributed by atoms with E-state index < -0.39 is 0 Å². The summed E-state index contributed by atoms with van der Waals surface area (Å²) in [5, 5.41) is 0. The summed E-state index contributed by atoms with van der Waals surface area (Å²) < 4.78 is 23.2. The summed E-state index contributed by atoms with van der Waals surface area (Å²) >= 11 is 0. The molecule has 0 bridgehead atoms. The molecule has 4 heterocycles. The van der Waals surface area contributed by atoms with E-state index in [9.17, 15) is 4.79 Å². The average Bonchev–Trinajstić information content (AvgIpc) is 3.38. The molecule has 1 aliphatic rings. The Balaban J connectivity index is 1.50. The number of carbonyl (C=O) groups is 1. The van der Waals surface area contributed by atoms with Gasteiger partial charge in [0.05, 0.1) is 26.9 Å². The Bertz CT molecular complexity index is 1500. The smallest absolute Gasteiger partial charge is 0.275 e. The lowest BCUT2D eigenvalue weighted by atomic mass is 10.0. The first-order valence-electron chi connectivity index (χ1n) is 11.9. The Kier molecular flexibility index (Phi) is 6.75. The number of aromatic nitrogens is 2. The minimum absolute atomic E-state index is 0.0466. The van der Waals surface area contributed by atoms with Gasteiger partial charge >= 0.3 is 0 Å². The van der Waals surface area contributed by atoms with Crippen LogP contribution in [0.25, 0.3) is 38.4 Å². The maximum atomic E-state index is 12.4. The molecule has 0 N–H and O–H groups in total. The van der Waals surface area contributed by atoms with Crippen molar-refractivity contribution in [3.05, 3.63) is 65.9 Å². The maximum absolute atomic E-state index is 12.4. The van der Waals surface area contributed by atoms with Crippen molar-refractivity contribution in [3.63, 3.8) is 0 Å². The Labute approximate surface area is 214 Å². The van der Waals surface area contributed by atoms with Gasteiger partial charge in [-0.25, -0.2) is 9.83 Å². The molecule has 0 unspecified atom stereocenters. The molecule has 188 valence electrons. The van der Waals surface area contributed by atoms with E-state index >= 15 is 0 Å². The third kappa shape index (κ3) is 4.84. The zero-order valence-electron chi connectivity index (χ0n) is 20.9. The number of pyridine rings is 2. The number of methoxy groups -OCH3 is 1. The fraction of sp³-hybridized carbons (Fsp3) is 0.286. The summed E-state index contributed by atoms with van der Waals surface area (Å²) in [6.45, 7) is 9.03. The van der Waals surface area contributed by atoms with E-state index in [1.807, 2.05) is 30.3 Å². The van der Waals surface area contributed by atoms with Crippen LogP contribution in [-0.2, 0) is 4.74 Å². The molecule has 0 spiro atoms. The fourth-order valence-electron chi connectivity index (χ4n) is 4.26. The molecule has 0 aliphatic carbocycles. The standard InChI is InChI=1S/C28H26N4O5/c1-29-21-13-17(5-6-23(21)36-19-8-11-35-12-9-19)20-7-10-30-22-15-24(37-27(20)22)18-14-25(34-4)26(31-16-18)28(33)32(2)3/h5-7,10,13-16,19H,8-9,11-12H2,2-4H3. The van der Waals surface area contributed by atoms with Gasteiger partial charge in [0.15, 0.2) is 17.0 Å². The SMILES string of the molecule is [C-]#[N+]c1cc(-c2ccnc3cc(-c4cnc(C(=O)N(C)C)c(OC)c4)oc23)ccc1OC1CCOCC1. The van der Waals surface area contributed by atoms with Crippen LogP contribution in [0.3, 0.4) is 0 Å². The Morgan fingerprint density at radius 1 is 1.08 bits per heavy atom. The molecule has 1 aromatic carbocycles. The van der Waals surface area contributed by atoms with Gasteiger partial charge in [-0.3, -0.25) is 9.78 Å². The number of furan rings is 1. The van der Waals surface area contributed by atoms with Gasteiger partial charge in [-0.2, -0.15) is 0 Å². The van der Waals surface area contributed by atoms with Crippen LogP contribution < -0.4 is 9.47 Å². The van der Waals surface area contributed by atoms with Gasteiger partial charge in [0, 0.05) is 56.5 Å². The van der Waals surface area contributed by atoms with Crippen molar-refractivity contribution in [2.75, 3.05) is 34.4 Å². The lowest BCUT2D eigenvalue weighted by Crippen LogP contribution is -2.25. The lowest BCUT2D eigenvalue weighted by Gasteiger charge is -2.24. The summed E-state index contributed by atoms with van der Waals surface area (Å²) in [6, 6.07) is 11.0. The number of fused-ring (bicyclic) bond motifs is 1. The van der Waals surface area contributed by atoms with E-state index in [1.165, 1.54) is 12.0 Å². The molecule has 4 aromatic rings. The molecule has 1 saturated heterocycles. The van der Waals surface area contributed by atoms with Gasteiger partial charge in [0.2, 0.25) is 5.69 Å². The van der Waals surface area contributed by atoms with Crippen LogP contribution in [0.4, 0.5) is 5.69 Å². The second-order valence-corrected chi connectivity index (χ2v) is 8.88. The fourth-order valence-corrected chi connectivity index (χ4v) is 4.26. The molecule has 3 aromatic heterocycles. The third-order valence-electron chi connectivity index (χ3n) is 6.23. The monoisotopic (exact) mass is 498 g/mol. The molecule has 1 aliphatic heterocycles. The van der Waals surface area contributed by atoms with E-state index in [2.05, 4.69) is 14.8 Å². The number of nitrogens with zero attached hydrogens (tertiary/aromatic N) is 4. The first-order valence-corrected chi connectivity index (χ1v) is 11.9. The van der Waals surface area contributed by atoms with E-state index in [4.69, 9.17) is 25.2 Å². The predicted octanol–water partition coefficient (Wildman–Crippen LogP) is 5.38. The minimum atomic E-state index is -0.253. The van der Waals surface area contributed by atoms with Crippen molar-refractivity contribution < 1.29 is 23.4 Å². The third-order valence-corrected chi connectivity index (χ3v) is 6.23. The van der Waals surface area contributed by atoms with Crippen LogP contribution in [0.15, 0.2) is 53.2 Å². The zero-order valence-corrected chi connectivity index (χ0v) is 20.9. The van der Waals surface area contributed by atoms with E-state index in [0.717, 1.165) is 24.0 Å². The minimum Gasteiger partial charge on any atom is -0.501 e. The highest BCUT2D eigenvalue weighted by Gasteiger charge is 2.21. The highest BCUT2D eigenvalue weighted by Crippen LogP contribution is 2.39.